The lowest BCUT2D eigenvalue weighted by Crippen LogP contribution is -2.30. The molecule has 0 spiro atoms. The molecule has 3 nitrogen and oxygen atoms in total. The van der Waals surface area contributed by atoms with Crippen LogP contribution in [-0.4, -0.2) is 20.2 Å². The van der Waals surface area contributed by atoms with Gasteiger partial charge in [0.1, 0.15) is 5.75 Å². The monoisotopic (exact) mass is 284 g/mol. The van der Waals surface area contributed by atoms with Crippen LogP contribution in [0.4, 0.5) is 5.69 Å². The average molecular weight is 284 g/mol. The maximum atomic E-state index is 6.00. The number of likely N-dealkylation sites (N-methyl/N-ethyl adjacent to an activating group) is 1. The molecule has 2 aromatic carbocycles. The van der Waals surface area contributed by atoms with E-state index in [1.165, 1.54) is 16.8 Å². The molecule has 2 aromatic rings. The van der Waals surface area contributed by atoms with Crippen molar-refractivity contribution in [1.29, 1.82) is 0 Å². The van der Waals surface area contributed by atoms with Gasteiger partial charge in [0.25, 0.3) is 0 Å². The predicted octanol–water partition coefficient (Wildman–Crippen LogP) is 3.53. The lowest BCUT2D eigenvalue weighted by atomic mass is 10.0. The summed E-state index contributed by atoms with van der Waals surface area (Å²) in [4.78, 5) is 2.22. The highest BCUT2D eigenvalue weighted by Crippen LogP contribution is 2.26. The molecule has 1 unspecified atom stereocenters. The summed E-state index contributed by atoms with van der Waals surface area (Å²) in [6.07, 6.45) is 0. The van der Waals surface area contributed by atoms with Crippen molar-refractivity contribution in [2.75, 3.05) is 25.1 Å². The first-order valence-corrected chi connectivity index (χ1v) is 7.38. The molecule has 0 fully saturated rings. The minimum absolute atomic E-state index is 0.155. The molecule has 2 N–H and O–H groups in total. The SMILES string of the molecule is CCOc1ccc(C(CN)N(C)c2cccc(C)c2)cc1. The van der Waals surface area contributed by atoms with Crippen molar-refractivity contribution >= 4 is 5.69 Å². The number of ether oxygens (including phenoxy) is 1. The molecule has 0 aromatic heterocycles. The first kappa shape index (κ1) is 15.4. The number of anilines is 1. The molecule has 0 heterocycles. The van der Waals surface area contributed by atoms with Crippen LogP contribution >= 0.6 is 0 Å². The lowest BCUT2D eigenvalue weighted by molar-refractivity contribution is 0.340. The van der Waals surface area contributed by atoms with E-state index in [2.05, 4.69) is 55.3 Å². The lowest BCUT2D eigenvalue weighted by Gasteiger charge is -2.30. The molecule has 0 radical (unpaired) electrons. The molecule has 0 bridgehead atoms. The van der Waals surface area contributed by atoms with Crippen molar-refractivity contribution in [3.63, 3.8) is 0 Å². The van der Waals surface area contributed by atoms with Gasteiger partial charge in [0.05, 0.1) is 12.6 Å². The van der Waals surface area contributed by atoms with E-state index in [-0.39, 0.29) is 6.04 Å². The molecule has 0 aliphatic rings. The van der Waals surface area contributed by atoms with Gasteiger partial charge < -0.3 is 15.4 Å². The maximum absolute atomic E-state index is 6.00. The number of aryl methyl sites for hydroxylation is 1. The third-order valence-corrected chi connectivity index (χ3v) is 3.68. The third-order valence-electron chi connectivity index (χ3n) is 3.68. The van der Waals surface area contributed by atoms with Crippen LogP contribution < -0.4 is 15.4 Å². The Morgan fingerprint density at radius 3 is 2.43 bits per heavy atom. The van der Waals surface area contributed by atoms with E-state index in [9.17, 15) is 0 Å². The van der Waals surface area contributed by atoms with Gasteiger partial charge in [-0.15, -0.1) is 0 Å². The maximum Gasteiger partial charge on any atom is 0.119 e. The highest BCUT2D eigenvalue weighted by Gasteiger charge is 2.16. The van der Waals surface area contributed by atoms with Crippen molar-refractivity contribution in [1.82, 2.24) is 0 Å². The zero-order chi connectivity index (χ0) is 15.2. The van der Waals surface area contributed by atoms with Crippen molar-refractivity contribution in [2.45, 2.75) is 19.9 Å². The molecular weight excluding hydrogens is 260 g/mol. The molecule has 0 saturated carbocycles. The summed E-state index contributed by atoms with van der Waals surface area (Å²) in [6, 6.07) is 16.8. The second-order valence-electron chi connectivity index (χ2n) is 5.20. The van der Waals surface area contributed by atoms with Crippen LogP contribution in [0.1, 0.15) is 24.1 Å². The second kappa shape index (κ2) is 7.14. The van der Waals surface area contributed by atoms with E-state index in [0.717, 1.165) is 5.75 Å². The number of rotatable bonds is 6. The summed E-state index contributed by atoms with van der Waals surface area (Å²) >= 11 is 0. The molecule has 0 amide bonds. The average Bonchev–Trinajstić information content (AvgIpc) is 2.50. The molecular formula is C18H24N2O. The number of hydrogen-bond donors (Lipinski definition) is 1. The molecule has 1 atom stereocenters. The number of nitrogens with two attached hydrogens (primary N) is 1. The predicted molar refractivity (Wildman–Crippen MR) is 89.0 cm³/mol. The van der Waals surface area contributed by atoms with Crippen LogP contribution in [0.5, 0.6) is 5.75 Å². The number of nitrogens with zero attached hydrogens (tertiary/aromatic N) is 1. The van der Waals surface area contributed by atoms with Gasteiger partial charge in [0, 0.05) is 19.3 Å². The number of benzene rings is 2. The Bertz CT molecular complexity index is 566. The van der Waals surface area contributed by atoms with E-state index in [1.54, 1.807) is 0 Å². The summed E-state index contributed by atoms with van der Waals surface area (Å²) in [5.41, 5.74) is 9.64. The quantitative estimate of drug-likeness (QED) is 0.882. The van der Waals surface area contributed by atoms with Crippen LogP contribution in [0.25, 0.3) is 0 Å². The largest absolute Gasteiger partial charge is 0.494 e. The van der Waals surface area contributed by atoms with Gasteiger partial charge in [-0.1, -0.05) is 24.3 Å². The van der Waals surface area contributed by atoms with Crippen molar-refractivity contribution < 1.29 is 4.74 Å². The van der Waals surface area contributed by atoms with Crippen LogP contribution in [0.15, 0.2) is 48.5 Å². The van der Waals surface area contributed by atoms with Crippen molar-refractivity contribution in [2.24, 2.45) is 5.73 Å². The fourth-order valence-corrected chi connectivity index (χ4v) is 2.50. The molecule has 112 valence electrons. The zero-order valence-electron chi connectivity index (χ0n) is 13.0. The van der Waals surface area contributed by atoms with Gasteiger partial charge in [0.2, 0.25) is 0 Å². The molecule has 2 rings (SSSR count). The highest BCUT2D eigenvalue weighted by molar-refractivity contribution is 5.50. The summed E-state index contributed by atoms with van der Waals surface area (Å²) in [5, 5.41) is 0. The molecule has 0 aliphatic heterocycles. The number of hydrogen-bond acceptors (Lipinski definition) is 3. The minimum Gasteiger partial charge on any atom is -0.494 e. The van der Waals surface area contributed by atoms with E-state index in [4.69, 9.17) is 10.5 Å². The van der Waals surface area contributed by atoms with Gasteiger partial charge in [0.15, 0.2) is 0 Å². The molecule has 0 aliphatic carbocycles. The van der Waals surface area contributed by atoms with Crippen LogP contribution in [0.3, 0.4) is 0 Å². The topological polar surface area (TPSA) is 38.5 Å². The first-order chi connectivity index (χ1) is 10.2. The third kappa shape index (κ3) is 3.76. The van der Waals surface area contributed by atoms with E-state index >= 15 is 0 Å². The Morgan fingerprint density at radius 2 is 1.86 bits per heavy atom. The van der Waals surface area contributed by atoms with Crippen molar-refractivity contribution in [3.8, 4) is 5.75 Å². The standard InChI is InChI=1S/C18H24N2O/c1-4-21-17-10-8-15(9-11-17)18(13-19)20(3)16-7-5-6-14(2)12-16/h5-12,18H,4,13,19H2,1-3H3. The van der Waals surface area contributed by atoms with Gasteiger partial charge in [-0.05, 0) is 49.2 Å². The van der Waals surface area contributed by atoms with Crippen LogP contribution in [-0.2, 0) is 0 Å². The van der Waals surface area contributed by atoms with Crippen molar-refractivity contribution in [3.05, 3.63) is 59.7 Å². The Labute approximate surface area is 127 Å². The summed E-state index contributed by atoms with van der Waals surface area (Å²) in [6.45, 7) is 5.34. The molecule has 21 heavy (non-hydrogen) atoms. The van der Waals surface area contributed by atoms with Crippen LogP contribution in [0, 0.1) is 6.92 Å². The van der Waals surface area contributed by atoms with Gasteiger partial charge in [-0.2, -0.15) is 0 Å². The van der Waals surface area contributed by atoms with Gasteiger partial charge in [-0.25, -0.2) is 0 Å². The normalized spacial score (nSPS) is 12.0. The second-order valence-corrected chi connectivity index (χ2v) is 5.20. The van der Waals surface area contributed by atoms with E-state index < -0.39 is 0 Å². The highest BCUT2D eigenvalue weighted by atomic mass is 16.5. The minimum atomic E-state index is 0.155. The Kier molecular flexibility index (Phi) is 5.23. The summed E-state index contributed by atoms with van der Waals surface area (Å²) < 4.78 is 5.49. The first-order valence-electron chi connectivity index (χ1n) is 7.38. The van der Waals surface area contributed by atoms with Gasteiger partial charge in [-0.3, -0.25) is 0 Å². The van der Waals surface area contributed by atoms with Gasteiger partial charge >= 0.3 is 0 Å². The van der Waals surface area contributed by atoms with E-state index in [0.29, 0.717) is 13.2 Å². The smallest absolute Gasteiger partial charge is 0.119 e. The van der Waals surface area contributed by atoms with Crippen LogP contribution in [0.2, 0.25) is 0 Å². The summed E-state index contributed by atoms with van der Waals surface area (Å²) in [7, 11) is 2.09. The fourth-order valence-electron chi connectivity index (χ4n) is 2.50. The Hall–Kier alpha value is -2.00. The fraction of sp³-hybridized carbons (Fsp3) is 0.333. The summed E-state index contributed by atoms with van der Waals surface area (Å²) in [5.74, 6) is 0.898. The van der Waals surface area contributed by atoms with E-state index in [1.807, 2.05) is 19.1 Å². The Morgan fingerprint density at radius 1 is 1.14 bits per heavy atom. The molecule has 3 heteroatoms. The Balaban J connectivity index is 2.22. The zero-order valence-corrected chi connectivity index (χ0v) is 13.0. The molecule has 0 saturated heterocycles.